The molecule has 2 heteroatoms. The predicted molar refractivity (Wildman–Crippen MR) is 62.9 cm³/mol. The first-order valence-corrected chi connectivity index (χ1v) is 6.47. The van der Waals surface area contributed by atoms with E-state index in [1.165, 1.54) is 51.4 Å². The van der Waals surface area contributed by atoms with Crippen LogP contribution in [0, 0.1) is 11.8 Å². The molecule has 0 aromatic heterocycles. The monoisotopic (exact) mass is 214 g/mol. The van der Waals surface area contributed by atoms with Crippen LogP contribution in [0.1, 0.15) is 51.4 Å². The van der Waals surface area contributed by atoms with Crippen LogP contribution in [0.25, 0.3) is 0 Å². The topological polar surface area (TPSA) is 29.5 Å². The van der Waals surface area contributed by atoms with E-state index in [-0.39, 0.29) is 0 Å². The zero-order valence-electron chi connectivity index (χ0n) is 10.1. The molecule has 90 valence electrons. The molecule has 0 aliphatic heterocycles. The van der Waals surface area contributed by atoms with Crippen molar-refractivity contribution in [3.05, 3.63) is 0 Å². The first-order valence-electron chi connectivity index (χ1n) is 6.47. The largest absolute Gasteiger partial charge is 0.400 e. The van der Waals surface area contributed by atoms with Crippen LogP contribution in [0.15, 0.2) is 0 Å². The highest BCUT2D eigenvalue weighted by molar-refractivity contribution is 4.69. The quantitative estimate of drug-likeness (QED) is 0.779. The standard InChI is InChI=1S/C12H22O.CH4O/c1-2-6-11(5-1)9-13-10-12-7-3-4-8-12;1-2/h11-12H,1-10H2;2H,1H3. The number of ether oxygens (including phenoxy) is 1. The third-order valence-corrected chi connectivity index (χ3v) is 3.66. The van der Waals surface area contributed by atoms with Gasteiger partial charge < -0.3 is 9.84 Å². The molecule has 1 N–H and O–H groups in total. The van der Waals surface area contributed by atoms with Crippen molar-refractivity contribution in [3.8, 4) is 0 Å². The lowest BCUT2D eigenvalue weighted by molar-refractivity contribution is 0.0743. The van der Waals surface area contributed by atoms with Crippen molar-refractivity contribution in [3.63, 3.8) is 0 Å². The van der Waals surface area contributed by atoms with Gasteiger partial charge in [0.25, 0.3) is 0 Å². The highest BCUT2D eigenvalue weighted by Gasteiger charge is 2.18. The molecule has 2 nitrogen and oxygen atoms in total. The lowest BCUT2D eigenvalue weighted by Gasteiger charge is -2.13. The van der Waals surface area contributed by atoms with Crippen LogP contribution in [-0.2, 0) is 4.74 Å². The molecule has 0 unspecified atom stereocenters. The predicted octanol–water partition coefficient (Wildman–Crippen LogP) is 2.99. The van der Waals surface area contributed by atoms with Crippen LogP contribution in [0.2, 0.25) is 0 Å². The van der Waals surface area contributed by atoms with Crippen molar-refractivity contribution in [2.45, 2.75) is 51.4 Å². The molecule has 2 saturated carbocycles. The fourth-order valence-electron chi connectivity index (χ4n) is 2.76. The van der Waals surface area contributed by atoms with Gasteiger partial charge in [0, 0.05) is 20.3 Å². The van der Waals surface area contributed by atoms with Crippen molar-refractivity contribution in [2.75, 3.05) is 20.3 Å². The van der Waals surface area contributed by atoms with Crippen molar-refractivity contribution in [1.29, 1.82) is 0 Å². The van der Waals surface area contributed by atoms with Gasteiger partial charge in [0.05, 0.1) is 0 Å². The van der Waals surface area contributed by atoms with Gasteiger partial charge in [0.2, 0.25) is 0 Å². The van der Waals surface area contributed by atoms with E-state index in [4.69, 9.17) is 9.84 Å². The van der Waals surface area contributed by atoms with Gasteiger partial charge in [0.15, 0.2) is 0 Å². The Morgan fingerprint density at radius 2 is 1.13 bits per heavy atom. The molecule has 2 fully saturated rings. The first-order chi connectivity index (χ1) is 7.45. The average Bonchev–Trinajstić information content (AvgIpc) is 2.93. The summed E-state index contributed by atoms with van der Waals surface area (Å²) in [5.41, 5.74) is 0. The minimum absolute atomic E-state index is 0.904. The van der Waals surface area contributed by atoms with Gasteiger partial charge in [0.1, 0.15) is 0 Å². The SMILES string of the molecule is C1CCC(COCC2CCCC2)C1.CO. The minimum Gasteiger partial charge on any atom is -0.400 e. The normalized spacial score (nSPS) is 22.8. The van der Waals surface area contributed by atoms with Crippen molar-refractivity contribution >= 4 is 0 Å². The highest BCUT2D eigenvalue weighted by Crippen LogP contribution is 2.27. The van der Waals surface area contributed by atoms with E-state index in [2.05, 4.69) is 0 Å². The molecule has 0 amide bonds. The van der Waals surface area contributed by atoms with Crippen molar-refractivity contribution < 1.29 is 9.84 Å². The van der Waals surface area contributed by atoms with E-state index in [9.17, 15) is 0 Å². The molecular formula is C13H26O2. The fourth-order valence-corrected chi connectivity index (χ4v) is 2.76. The lowest BCUT2D eigenvalue weighted by atomic mass is 10.1. The van der Waals surface area contributed by atoms with Crippen molar-refractivity contribution in [1.82, 2.24) is 0 Å². The van der Waals surface area contributed by atoms with Crippen LogP contribution in [0.5, 0.6) is 0 Å². The maximum atomic E-state index is 7.00. The summed E-state index contributed by atoms with van der Waals surface area (Å²) in [5.74, 6) is 1.81. The van der Waals surface area contributed by atoms with Gasteiger partial charge >= 0.3 is 0 Å². The Morgan fingerprint density at radius 1 is 0.800 bits per heavy atom. The molecule has 0 heterocycles. The molecule has 0 atom stereocenters. The molecule has 2 aliphatic rings. The van der Waals surface area contributed by atoms with E-state index in [1.807, 2.05) is 0 Å². The molecule has 2 aliphatic carbocycles. The van der Waals surface area contributed by atoms with Crippen LogP contribution in [-0.4, -0.2) is 25.4 Å². The summed E-state index contributed by atoms with van der Waals surface area (Å²) >= 11 is 0. The number of hydrogen-bond donors (Lipinski definition) is 1. The summed E-state index contributed by atoms with van der Waals surface area (Å²) in [7, 11) is 1.00. The summed E-state index contributed by atoms with van der Waals surface area (Å²) < 4.78 is 5.80. The van der Waals surface area contributed by atoms with Crippen LogP contribution in [0.4, 0.5) is 0 Å². The summed E-state index contributed by atoms with van der Waals surface area (Å²) in [5, 5.41) is 7.00. The highest BCUT2D eigenvalue weighted by atomic mass is 16.5. The molecule has 0 spiro atoms. The molecule has 2 rings (SSSR count). The number of hydrogen-bond acceptors (Lipinski definition) is 2. The van der Waals surface area contributed by atoms with Crippen LogP contribution in [0.3, 0.4) is 0 Å². The van der Waals surface area contributed by atoms with Crippen LogP contribution < -0.4 is 0 Å². The average molecular weight is 214 g/mol. The first kappa shape index (κ1) is 13.0. The molecule has 0 radical (unpaired) electrons. The Bertz CT molecular complexity index is 119. The Kier molecular flexibility index (Phi) is 7.03. The Hall–Kier alpha value is -0.0800. The Morgan fingerprint density at radius 3 is 1.47 bits per heavy atom. The molecule has 0 bridgehead atoms. The van der Waals surface area contributed by atoms with E-state index in [1.54, 1.807) is 0 Å². The maximum Gasteiger partial charge on any atom is 0.0494 e. The molecular weight excluding hydrogens is 188 g/mol. The zero-order valence-corrected chi connectivity index (χ0v) is 10.1. The van der Waals surface area contributed by atoms with E-state index >= 15 is 0 Å². The smallest absolute Gasteiger partial charge is 0.0494 e. The van der Waals surface area contributed by atoms with Crippen LogP contribution >= 0.6 is 0 Å². The third-order valence-electron chi connectivity index (χ3n) is 3.66. The van der Waals surface area contributed by atoms with Gasteiger partial charge in [-0.2, -0.15) is 0 Å². The van der Waals surface area contributed by atoms with E-state index < -0.39 is 0 Å². The van der Waals surface area contributed by atoms with Gasteiger partial charge in [-0.05, 0) is 37.5 Å². The third kappa shape index (κ3) is 4.98. The number of aliphatic hydroxyl groups excluding tert-OH is 1. The van der Waals surface area contributed by atoms with Gasteiger partial charge in [-0.15, -0.1) is 0 Å². The summed E-state index contributed by atoms with van der Waals surface area (Å²) in [6.07, 6.45) is 11.5. The number of aliphatic hydroxyl groups is 1. The van der Waals surface area contributed by atoms with E-state index in [0.717, 1.165) is 32.2 Å². The molecule has 15 heavy (non-hydrogen) atoms. The van der Waals surface area contributed by atoms with Gasteiger partial charge in [-0.3, -0.25) is 0 Å². The lowest BCUT2D eigenvalue weighted by Crippen LogP contribution is -2.11. The molecule has 0 aromatic carbocycles. The van der Waals surface area contributed by atoms with E-state index in [0.29, 0.717) is 0 Å². The zero-order chi connectivity index (χ0) is 10.9. The number of rotatable bonds is 4. The minimum atomic E-state index is 0.904. The Balaban J connectivity index is 0.000000531. The van der Waals surface area contributed by atoms with Gasteiger partial charge in [-0.1, -0.05) is 25.7 Å². The fraction of sp³-hybridized carbons (Fsp3) is 1.00. The molecule has 0 saturated heterocycles. The summed E-state index contributed by atoms with van der Waals surface area (Å²) in [4.78, 5) is 0. The maximum absolute atomic E-state index is 7.00. The summed E-state index contributed by atoms with van der Waals surface area (Å²) in [6.45, 7) is 2.10. The second-order valence-electron chi connectivity index (χ2n) is 4.84. The Labute approximate surface area is 94.0 Å². The second kappa shape index (κ2) is 8.12. The second-order valence-corrected chi connectivity index (χ2v) is 4.84. The summed E-state index contributed by atoms with van der Waals surface area (Å²) in [6, 6.07) is 0. The molecule has 0 aromatic rings. The van der Waals surface area contributed by atoms with Gasteiger partial charge in [-0.25, -0.2) is 0 Å². The van der Waals surface area contributed by atoms with Crippen molar-refractivity contribution in [2.24, 2.45) is 11.8 Å².